The Morgan fingerprint density at radius 1 is 1.37 bits per heavy atom. The van der Waals surface area contributed by atoms with Crippen LogP contribution in [0.25, 0.3) is 0 Å². The first-order chi connectivity index (χ1) is 9.28. The van der Waals surface area contributed by atoms with Crippen molar-refractivity contribution in [2.75, 3.05) is 7.11 Å². The van der Waals surface area contributed by atoms with Gasteiger partial charge in [0.05, 0.1) is 18.8 Å². The van der Waals surface area contributed by atoms with E-state index in [2.05, 4.69) is 6.92 Å². The average molecular weight is 262 g/mol. The van der Waals surface area contributed by atoms with Gasteiger partial charge in [0.15, 0.2) is 17.8 Å². The van der Waals surface area contributed by atoms with Crippen molar-refractivity contribution in [1.29, 1.82) is 0 Å². The lowest BCUT2D eigenvalue weighted by Gasteiger charge is -2.29. The van der Waals surface area contributed by atoms with Crippen LogP contribution in [0.2, 0.25) is 0 Å². The van der Waals surface area contributed by atoms with Gasteiger partial charge >= 0.3 is 0 Å². The highest BCUT2D eigenvalue weighted by Gasteiger charge is 2.24. The van der Waals surface area contributed by atoms with E-state index >= 15 is 0 Å². The van der Waals surface area contributed by atoms with E-state index in [9.17, 15) is 4.79 Å². The van der Waals surface area contributed by atoms with E-state index in [0.29, 0.717) is 17.1 Å². The molecular weight excluding hydrogens is 240 g/mol. The smallest absolute Gasteiger partial charge is 0.172 e. The van der Waals surface area contributed by atoms with Gasteiger partial charge in [0.1, 0.15) is 0 Å². The molecule has 0 spiro atoms. The minimum atomic E-state index is 0.202. The van der Waals surface area contributed by atoms with Crippen LogP contribution in [0.4, 0.5) is 0 Å². The number of benzene rings is 1. The van der Waals surface area contributed by atoms with E-state index in [1.807, 2.05) is 12.1 Å². The lowest BCUT2D eigenvalue weighted by Crippen LogP contribution is -2.25. The van der Waals surface area contributed by atoms with E-state index in [1.54, 1.807) is 13.2 Å². The van der Waals surface area contributed by atoms with E-state index in [0.717, 1.165) is 25.0 Å². The van der Waals surface area contributed by atoms with Crippen molar-refractivity contribution in [2.24, 2.45) is 5.92 Å². The lowest BCUT2D eigenvalue weighted by atomic mass is 9.85. The number of aldehydes is 1. The van der Waals surface area contributed by atoms with Gasteiger partial charge in [-0.2, -0.15) is 0 Å². The minimum Gasteiger partial charge on any atom is -0.493 e. The molecule has 104 valence electrons. The number of carbonyl (C=O) groups is 1. The third-order valence-electron chi connectivity index (χ3n) is 3.95. The second-order valence-corrected chi connectivity index (χ2v) is 5.18. The number of methoxy groups -OCH3 is 1. The summed E-state index contributed by atoms with van der Waals surface area (Å²) in [6.07, 6.45) is 6.87. The summed E-state index contributed by atoms with van der Waals surface area (Å²) in [5.74, 6) is 1.98. The molecule has 0 aromatic heterocycles. The molecule has 1 aromatic rings. The molecule has 3 heteroatoms. The van der Waals surface area contributed by atoms with Crippen LogP contribution < -0.4 is 9.47 Å². The van der Waals surface area contributed by atoms with Crippen LogP contribution in [-0.2, 0) is 0 Å². The predicted octanol–water partition coefficient (Wildman–Crippen LogP) is 3.86. The third kappa shape index (κ3) is 3.28. The molecule has 2 atom stereocenters. The number of hydrogen-bond donors (Lipinski definition) is 0. The average Bonchev–Trinajstić information content (AvgIpc) is 2.47. The molecule has 2 unspecified atom stereocenters. The molecule has 3 nitrogen and oxygen atoms in total. The molecule has 0 amide bonds. The van der Waals surface area contributed by atoms with Gasteiger partial charge in [-0.15, -0.1) is 0 Å². The summed E-state index contributed by atoms with van der Waals surface area (Å²) in [5, 5.41) is 0. The number of carbonyl (C=O) groups excluding carboxylic acids is 1. The fourth-order valence-electron chi connectivity index (χ4n) is 2.80. The number of ether oxygens (including phenoxy) is 2. The van der Waals surface area contributed by atoms with Crippen molar-refractivity contribution in [3.05, 3.63) is 23.8 Å². The van der Waals surface area contributed by atoms with Gasteiger partial charge in [-0.05, 0) is 37.3 Å². The molecule has 1 aromatic carbocycles. The molecule has 1 fully saturated rings. The van der Waals surface area contributed by atoms with Gasteiger partial charge in [-0.1, -0.05) is 25.8 Å². The Balaban J connectivity index is 2.15. The largest absolute Gasteiger partial charge is 0.493 e. The topological polar surface area (TPSA) is 35.5 Å². The Labute approximate surface area is 114 Å². The summed E-state index contributed by atoms with van der Waals surface area (Å²) < 4.78 is 11.4. The number of hydrogen-bond acceptors (Lipinski definition) is 3. The Hall–Kier alpha value is -1.51. The van der Waals surface area contributed by atoms with Crippen molar-refractivity contribution in [2.45, 2.75) is 45.1 Å². The highest BCUT2D eigenvalue weighted by atomic mass is 16.5. The zero-order valence-electron chi connectivity index (χ0n) is 11.7. The second-order valence-electron chi connectivity index (χ2n) is 5.18. The van der Waals surface area contributed by atoms with E-state index in [4.69, 9.17) is 9.47 Å². The number of para-hydroxylation sites is 1. The van der Waals surface area contributed by atoms with Crippen molar-refractivity contribution >= 4 is 6.29 Å². The van der Waals surface area contributed by atoms with Crippen molar-refractivity contribution in [1.82, 2.24) is 0 Å². The van der Waals surface area contributed by atoms with Crippen LogP contribution in [0.1, 0.15) is 49.4 Å². The minimum absolute atomic E-state index is 0.202. The lowest BCUT2D eigenvalue weighted by molar-refractivity contribution is 0.107. The Morgan fingerprint density at radius 3 is 2.89 bits per heavy atom. The highest BCUT2D eigenvalue weighted by Crippen LogP contribution is 2.35. The summed E-state index contributed by atoms with van der Waals surface area (Å²) >= 11 is 0. The third-order valence-corrected chi connectivity index (χ3v) is 3.95. The summed E-state index contributed by atoms with van der Waals surface area (Å²) in [6.45, 7) is 2.23. The maximum absolute atomic E-state index is 11.1. The first-order valence-corrected chi connectivity index (χ1v) is 7.07. The molecule has 0 heterocycles. The Bertz CT molecular complexity index is 428. The van der Waals surface area contributed by atoms with Gasteiger partial charge in [-0.3, -0.25) is 4.79 Å². The maximum Gasteiger partial charge on any atom is 0.172 e. The zero-order chi connectivity index (χ0) is 13.7. The fraction of sp³-hybridized carbons (Fsp3) is 0.562. The molecule has 0 saturated heterocycles. The number of rotatable bonds is 5. The van der Waals surface area contributed by atoms with Crippen LogP contribution in [0.15, 0.2) is 18.2 Å². The molecule has 19 heavy (non-hydrogen) atoms. The molecule has 0 bridgehead atoms. The van der Waals surface area contributed by atoms with Gasteiger partial charge < -0.3 is 9.47 Å². The molecule has 0 radical (unpaired) electrons. The molecule has 0 N–H and O–H groups in total. The Kier molecular flexibility index (Phi) is 4.83. The van der Waals surface area contributed by atoms with Crippen molar-refractivity contribution in [3.8, 4) is 11.5 Å². The van der Waals surface area contributed by atoms with Crippen LogP contribution >= 0.6 is 0 Å². The second kappa shape index (κ2) is 6.60. The molecule has 1 aliphatic carbocycles. The summed E-state index contributed by atoms with van der Waals surface area (Å²) in [7, 11) is 1.60. The van der Waals surface area contributed by atoms with Crippen molar-refractivity contribution in [3.63, 3.8) is 0 Å². The molecule has 2 rings (SSSR count). The predicted molar refractivity (Wildman–Crippen MR) is 75.0 cm³/mol. The first-order valence-electron chi connectivity index (χ1n) is 7.07. The maximum atomic E-state index is 11.1. The molecule has 1 aliphatic rings. The van der Waals surface area contributed by atoms with Crippen LogP contribution in [0, 0.1) is 5.92 Å². The monoisotopic (exact) mass is 262 g/mol. The SMILES string of the molecule is CCC1CCCC(Oc2c(C=O)cccc2OC)C1. The summed E-state index contributed by atoms with van der Waals surface area (Å²) in [5.41, 5.74) is 0.568. The standard InChI is InChI=1S/C16H22O3/c1-3-12-6-4-8-14(10-12)19-16-13(11-17)7-5-9-15(16)18-2/h5,7,9,11-12,14H,3-4,6,8,10H2,1-2H3. The highest BCUT2D eigenvalue weighted by molar-refractivity contribution is 5.81. The molecule has 1 saturated carbocycles. The quantitative estimate of drug-likeness (QED) is 0.756. The molecule has 0 aliphatic heterocycles. The van der Waals surface area contributed by atoms with Crippen LogP contribution in [-0.4, -0.2) is 19.5 Å². The van der Waals surface area contributed by atoms with Gasteiger partial charge in [0.25, 0.3) is 0 Å². The van der Waals surface area contributed by atoms with Gasteiger partial charge in [0, 0.05) is 0 Å². The summed E-state index contributed by atoms with van der Waals surface area (Å²) in [4.78, 5) is 11.1. The molecular formula is C16H22O3. The first kappa shape index (κ1) is 13.9. The van der Waals surface area contributed by atoms with E-state index < -0.39 is 0 Å². The zero-order valence-corrected chi connectivity index (χ0v) is 11.7. The van der Waals surface area contributed by atoms with Gasteiger partial charge in [0.2, 0.25) is 0 Å². The summed E-state index contributed by atoms with van der Waals surface area (Å²) in [6, 6.07) is 5.42. The van der Waals surface area contributed by atoms with Gasteiger partial charge in [-0.25, -0.2) is 0 Å². The van der Waals surface area contributed by atoms with Crippen molar-refractivity contribution < 1.29 is 14.3 Å². The fourth-order valence-corrected chi connectivity index (χ4v) is 2.80. The van der Waals surface area contributed by atoms with E-state index in [1.165, 1.54) is 19.3 Å². The van der Waals surface area contributed by atoms with Crippen LogP contribution in [0.3, 0.4) is 0 Å². The van der Waals surface area contributed by atoms with E-state index in [-0.39, 0.29) is 6.10 Å². The Morgan fingerprint density at radius 2 is 2.21 bits per heavy atom. The normalized spacial score (nSPS) is 22.8. The van der Waals surface area contributed by atoms with Crippen LogP contribution in [0.5, 0.6) is 11.5 Å².